The fourth-order valence-electron chi connectivity index (χ4n) is 3.78. The number of benzene rings is 1. The molecule has 148 valence electrons. The van der Waals surface area contributed by atoms with E-state index >= 15 is 0 Å². The predicted molar refractivity (Wildman–Crippen MR) is 111 cm³/mol. The van der Waals surface area contributed by atoms with Crippen molar-refractivity contribution in [2.75, 3.05) is 24.1 Å². The highest BCUT2D eigenvalue weighted by molar-refractivity contribution is 5.61. The first-order valence-electron chi connectivity index (χ1n) is 9.84. The maximum absolute atomic E-state index is 6.11. The number of rotatable bonds is 5. The normalized spacial score (nSPS) is 15.7. The highest BCUT2D eigenvalue weighted by atomic mass is 16.3. The van der Waals surface area contributed by atoms with Crippen LogP contribution in [-0.4, -0.2) is 43.6 Å². The average molecular weight is 389 g/mol. The molecule has 5 rings (SSSR count). The van der Waals surface area contributed by atoms with E-state index in [1.807, 2.05) is 18.2 Å². The number of anilines is 2. The van der Waals surface area contributed by atoms with Crippen molar-refractivity contribution >= 4 is 17.5 Å². The number of nitrogens with zero attached hydrogens (tertiary/aromatic N) is 5. The van der Waals surface area contributed by atoms with Gasteiger partial charge in [0.2, 0.25) is 11.9 Å². The van der Waals surface area contributed by atoms with Gasteiger partial charge in [-0.3, -0.25) is 4.90 Å². The predicted octanol–water partition coefficient (Wildman–Crippen LogP) is 3.04. The smallest absolute Gasteiger partial charge is 0.228 e. The number of nitrogen functional groups attached to an aromatic ring is 1. The zero-order valence-corrected chi connectivity index (χ0v) is 16.0. The number of hydrogen-bond acceptors (Lipinski definition) is 7. The summed E-state index contributed by atoms with van der Waals surface area (Å²) in [4.78, 5) is 11.5. The topological polar surface area (TPSA) is 97.5 Å². The number of fused-ring (bicyclic) bond motifs is 1. The molecule has 0 spiro atoms. The Kier molecular flexibility index (Phi) is 4.61. The third kappa shape index (κ3) is 3.79. The molecule has 4 heterocycles. The van der Waals surface area contributed by atoms with Gasteiger partial charge < -0.3 is 15.5 Å². The molecule has 0 unspecified atom stereocenters. The third-order valence-corrected chi connectivity index (χ3v) is 5.29. The van der Waals surface area contributed by atoms with Crippen molar-refractivity contribution in [3.05, 3.63) is 60.4 Å². The molecule has 0 atom stereocenters. The van der Waals surface area contributed by atoms with Crippen molar-refractivity contribution in [3.63, 3.8) is 0 Å². The van der Waals surface area contributed by atoms with Gasteiger partial charge >= 0.3 is 0 Å². The Morgan fingerprint density at radius 1 is 1.07 bits per heavy atom. The molecular formula is C21H23N7O. The summed E-state index contributed by atoms with van der Waals surface area (Å²) in [7, 11) is 0. The van der Waals surface area contributed by atoms with E-state index < -0.39 is 0 Å². The largest absolute Gasteiger partial charge is 0.463 e. The molecule has 0 aliphatic carbocycles. The molecule has 3 aromatic heterocycles. The lowest BCUT2D eigenvalue weighted by molar-refractivity contribution is 0.211. The van der Waals surface area contributed by atoms with Crippen LogP contribution in [0.4, 0.5) is 11.9 Å². The van der Waals surface area contributed by atoms with E-state index in [-0.39, 0.29) is 0 Å². The van der Waals surface area contributed by atoms with Crippen molar-refractivity contribution < 1.29 is 4.42 Å². The second kappa shape index (κ2) is 7.56. The van der Waals surface area contributed by atoms with Gasteiger partial charge in [0, 0.05) is 31.7 Å². The van der Waals surface area contributed by atoms with Gasteiger partial charge in [0.15, 0.2) is 11.4 Å². The summed E-state index contributed by atoms with van der Waals surface area (Å²) in [5.74, 6) is 1.52. The van der Waals surface area contributed by atoms with Crippen molar-refractivity contribution in [3.8, 4) is 11.5 Å². The molecule has 0 saturated carbocycles. The SMILES string of the molecule is Nc1nc(NC2CCN(Cc3ccccc3)CC2)nc2cc(-c3ccco3)nn12. The van der Waals surface area contributed by atoms with Gasteiger partial charge in [-0.25, -0.2) is 0 Å². The molecule has 0 bridgehead atoms. The standard InChI is InChI=1S/C21H23N7O/c22-20-25-21(24-19-13-17(26-28(19)20)18-7-4-12-29-18)23-16-8-10-27(11-9-16)14-15-5-2-1-3-6-15/h1-7,12-13,16H,8-11,14H2,(H3,22,23,24,25). The summed E-state index contributed by atoms with van der Waals surface area (Å²) in [6.07, 6.45) is 3.70. The first-order valence-corrected chi connectivity index (χ1v) is 9.84. The number of likely N-dealkylation sites (tertiary alicyclic amines) is 1. The van der Waals surface area contributed by atoms with Crippen LogP contribution in [0.5, 0.6) is 0 Å². The van der Waals surface area contributed by atoms with Crippen LogP contribution in [0.3, 0.4) is 0 Å². The van der Waals surface area contributed by atoms with E-state index in [0.717, 1.165) is 32.5 Å². The fourth-order valence-corrected chi connectivity index (χ4v) is 3.78. The van der Waals surface area contributed by atoms with Gasteiger partial charge in [0.25, 0.3) is 0 Å². The quantitative estimate of drug-likeness (QED) is 0.541. The summed E-state index contributed by atoms with van der Waals surface area (Å²) in [5, 5.41) is 7.88. The average Bonchev–Trinajstić information content (AvgIpc) is 3.40. The molecular weight excluding hydrogens is 366 g/mol. The fraction of sp³-hybridized carbons (Fsp3) is 0.286. The highest BCUT2D eigenvalue weighted by Gasteiger charge is 2.21. The minimum absolute atomic E-state index is 0.303. The van der Waals surface area contributed by atoms with Crippen LogP contribution in [0.25, 0.3) is 17.1 Å². The number of nitrogens with two attached hydrogens (primary N) is 1. The Labute approximate surface area is 168 Å². The zero-order chi connectivity index (χ0) is 19.6. The van der Waals surface area contributed by atoms with Gasteiger partial charge in [-0.2, -0.15) is 19.6 Å². The second-order valence-electron chi connectivity index (χ2n) is 7.36. The lowest BCUT2D eigenvalue weighted by Gasteiger charge is -2.32. The van der Waals surface area contributed by atoms with E-state index in [1.54, 1.807) is 6.26 Å². The van der Waals surface area contributed by atoms with E-state index in [1.165, 1.54) is 10.1 Å². The molecule has 0 amide bonds. The number of hydrogen-bond donors (Lipinski definition) is 2. The lowest BCUT2D eigenvalue weighted by atomic mass is 10.0. The van der Waals surface area contributed by atoms with Crippen molar-refractivity contribution in [1.82, 2.24) is 24.5 Å². The van der Waals surface area contributed by atoms with Crippen molar-refractivity contribution in [2.24, 2.45) is 0 Å². The van der Waals surface area contributed by atoms with Gasteiger partial charge in [-0.1, -0.05) is 30.3 Å². The van der Waals surface area contributed by atoms with Crippen LogP contribution in [0.2, 0.25) is 0 Å². The summed E-state index contributed by atoms with van der Waals surface area (Å²) in [5.41, 5.74) is 8.79. The Bertz CT molecular complexity index is 1080. The minimum atomic E-state index is 0.303. The number of furan rings is 1. The summed E-state index contributed by atoms with van der Waals surface area (Å²) < 4.78 is 6.94. The molecule has 1 aliphatic rings. The van der Waals surface area contributed by atoms with Crippen LogP contribution < -0.4 is 11.1 Å². The number of nitrogens with one attached hydrogen (secondary N) is 1. The van der Waals surface area contributed by atoms with Gasteiger partial charge in [0.1, 0.15) is 5.69 Å². The molecule has 1 fully saturated rings. The zero-order valence-electron chi connectivity index (χ0n) is 16.0. The molecule has 8 heteroatoms. The van der Waals surface area contributed by atoms with Crippen molar-refractivity contribution in [1.29, 1.82) is 0 Å². The molecule has 3 N–H and O–H groups in total. The Morgan fingerprint density at radius 2 is 1.90 bits per heavy atom. The summed E-state index contributed by atoms with van der Waals surface area (Å²) >= 11 is 0. The first-order chi connectivity index (χ1) is 14.2. The van der Waals surface area contributed by atoms with E-state index in [9.17, 15) is 0 Å². The van der Waals surface area contributed by atoms with Crippen LogP contribution >= 0.6 is 0 Å². The van der Waals surface area contributed by atoms with E-state index in [2.05, 4.69) is 55.6 Å². The van der Waals surface area contributed by atoms with Gasteiger partial charge in [-0.05, 0) is 30.5 Å². The molecule has 1 aliphatic heterocycles. The second-order valence-corrected chi connectivity index (χ2v) is 7.36. The van der Waals surface area contributed by atoms with E-state index in [4.69, 9.17) is 10.2 Å². The minimum Gasteiger partial charge on any atom is -0.463 e. The number of aromatic nitrogens is 4. The molecule has 8 nitrogen and oxygen atoms in total. The van der Waals surface area contributed by atoms with E-state index in [0.29, 0.717) is 35.0 Å². The Balaban J connectivity index is 1.25. The Morgan fingerprint density at radius 3 is 2.66 bits per heavy atom. The number of piperidine rings is 1. The molecule has 1 aromatic carbocycles. The molecule has 4 aromatic rings. The molecule has 0 radical (unpaired) electrons. The maximum Gasteiger partial charge on any atom is 0.228 e. The molecule has 29 heavy (non-hydrogen) atoms. The van der Waals surface area contributed by atoms with Gasteiger partial charge in [-0.15, -0.1) is 0 Å². The molecule has 1 saturated heterocycles. The van der Waals surface area contributed by atoms with Gasteiger partial charge in [0.05, 0.1) is 6.26 Å². The maximum atomic E-state index is 6.11. The lowest BCUT2D eigenvalue weighted by Crippen LogP contribution is -2.39. The van der Waals surface area contributed by atoms with Crippen LogP contribution in [0, 0.1) is 0 Å². The third-order valence-electron chi connectivity index (χ3n) is 5.29. The Hall–Kier alpha value is -3.39. The monoisotopic (exact) mass is 389 g/mol. The highest BCUT2D eigenvalue weighted by Crippen LogP contribution is 2.22. The van der Waals surface area contributed by atoms with Crippen molar-refractivity contribution in [2.45, 2.75) is 25.4 Å². The van der Waals surface area contributed by atoms with Crippen LogP contribution in [0.1, 0.15) is 18.4 Å². The van der Waals surface area contributed by atoms with Crippen LogP contribution in [0.15, 0.2) is 59.2 Å². The first kappa shape index (κ1) is 17.7. The van der Waals surface area contributed by atoms with Crippen LogP contribution in [-0.2, 0) is 6.54 Å². The summed E-state index contributed by atoms with van der Waals surface area (Å²) in [6.45, 7) is 3.08. The summed E-state index contributed by atoms with van der Waals surface area (Å²) in [6, 6.07) is 16.5.